The average molecular weight is 285 g/mol. The van der Waals surface area contributed by atoms with Crippen molar-refractivity contribution in [3.63, 3.8) is 0 Å². The number of nitrogens with zero attached hydrogens (tertiary/aromatic N) is 1. The lowest BCUT2D eigenvalue weighted by atomic mass is 10.2. The first-order valence-corrected chi connectivity index (χ1v) is 5.95. The highest BCUT2D eigenvalue weighted by molar-refractivity contribution is 5.95. The summed E-state index contributed by atoms with van der Waals surface area (Å²) in [6.45, 7) is 1.63. The lowest BCUT2D eigenvalue weighted by Gasteiger charge is -2.21. The van der Waals surface area contributed by atoms with Gasteiger partial charge in [-0.05, 0) is 45.0 Å². The average Bonchev–Trinajstić information content (AvgIpc) is 2.35. The van der Waals surface area contributed by atoms with E-state index >= 15 is 0 Å². The van der Waals surface area contributed by atoms with Crippen LogP contribution in [-0.4, -0.2) is 31.1 Å². The zero-order chi connectivity index (χ0) is 17.8. The van der Waals surface area contributed by atoms with E-state index in [-0.39, 0.29) is 5.69 Å². The summed E-state index contributed by atoms with van der Waals surface area (Å²) < 4.78 is 40.2. The van der Waals surface area contributed by atoms with E-state index in [4.69, 9.17) is 8.85 Å². The van der Waals surface area contributed by atoms with Crippen LogP contribution in [-0.2, 0) is 9.53 Å². The summed E-state index contributed by atoms with van der Waals surface area (Å²) in [4.78, 5) is 24.2. The van der Waals surface area contributed by atoms with Gasteiger partial charge in [-0.3, -0.25) is 4.79 Å². The molecule has 1 rings (SSSR count). The maximum atomic E-state index is 12.9. The molecule has 0 aliphatic heterocycles. The van der Waals surface area contributed by atoms with Gasteiger partial charge in [-0.25, -0.2) is 9.18 Å². The van der Waals surface area contributed by atoms with Crippen LogP contribution < -0.4 is 10.2 Å². The largest absolute Gasteiger partial charge is 0.444 e. The Balaban J connectivity index is 2.82. The fourth-order valence-corrected chi connectivity index (χ4v) is 1.28. The maximum Gasteiger partial charge on any atom is 0.408 e. The molecule has 0 spiro atoms. The van der Waals surface area contributed by atoms with Gasteiger partial charge in [0.2, 0.25) is 5.91 Å². The molecule has 110 valence electrons. The van der Waals surface area contributed by atoms with Gasteiger partial charge in [0.05, 0.1) is 0 Å². The van der Waals surface area contributed by atoms with Crippen molar-refractivity contribution in [2.24, 2.45) is 0 Å². The summed E-state index contributed by atoms with van der Waals surface area (Å²) in [7, 11) is 0. The zero-order valence-electron chi connectivity index (χ0n) is 14.6. The highest BCUT2D eigenvalue weighted by Crippen LogP contribution is 2.13. The smallest absolute Gasteiger partial charge is 0.408 e. The van der Waals surface area contributed by atoms with Crippen molar-refractivity contribution >= 4 is 17.7 Å². The summed E-state index contributed by atoms with van der Waals surface area (Å²) in [5.41, 5.74) is -0.740. The molecule has 0 saturated heterocycles. The van der Waals surface area contributed by atoms with Crippen molar-refractivity contribution in [3.05, 3.63) is 30.1 Å². The summed E-state index contributed by atoms with van der Waals surface area (Å²) in [6.07, 6.45) is -0.838. The Morgan fingerprint density at radius 3 is 2.45 bits per heavy atom. The molecule has 1 aromatic carbocycles. The number of ether oxygens (including phenoxy) is 1. The van der Waals surface area contributed by atoms with Crippen molar-refractivity contribution in [3.8, 4) is 0 Å². The molecule has 0 radical (unpaired) electrons. The fourth-order valence-electron chi connectivity index (χ4n) is 1.28. The molecule has 0 aromatic heterocycles. The molecular formula is C14H19FN2O3. The van der Waals surface area contributed by atoms with E-state index in [1.165, 1.54) is 12.1 Å². The monoisotopic (exact) mass is 285 g/mol. The number of anilines is 1. The molecule has 1 N–H and O–H groups in total. The van der Waals surface area contributed by atoms with E-state index in [0.29, 0.717) is 4.90 Å². The van der Waals surface area contributed by atoms with Crippen LogP contribution in [0, 0.1) is 5.82 Å². The molecule has 0 heterocycles. The predicted octanol–water partition coefficient (Wildman–Crippen LogP) is 2.31. The molecular weight excluding hydrogens is 263 g/mol. The highest BCUT2D eigenvalue weighted by atomic mass is 19.1. The van der Waals surface area contributed by atoms with Crippen LogP contribution in [0.4, 0.5) is 14.9 Å². The minimum absolute atomic E-state index is 0.00221. The molecule has 0 unspecified atom stereocenters. The van der Waals surface area contributed by atoms with Gasteiger partial charge in [-0.2, -0.15) is 0 Å². The molecule has 0 aliphatic rings. The number of hydrogen-bond acceptors (Lipinski definition) is 3. The number of hydrogen-bond donors (Lipinski definition) is 1. The summed E-state index contributed by atoms with van der Waals surface area (Å²) in [6, 6.07) is 4.44. The van der Waals surface area contributed by atoms with Crippen molar-refractivity contribution in [2.45, 2.75) is 26.4 Å². The predicted molar refractivity (Wildman–Crippen MR) is 74.0 cm³/mol. The molecule has 0 aliphatic carbocycles. The van der Waals surface area contributed by atoms with Crippen molar-refractivity contribution < 1.29 is 22.8 Å². The second-order valence-electron chi connectivity index (χ2n) is 5.06. The molecule has 2 amide bonds. The Kier molecular flexibility index (Phi) is 3.72. The number of benzene rings is 1. The fraction of sp³-hybridized carbons (Fsp3) is 0.429. The Bertz CT molecular complexity index is 568. The van der Waals surface area contributed by atoms with Gasteiger partial charge in [0.25, 0.3) is 0 Å². The third-order valence-corrected chi connectivity index (χ3v) is 2.12. The molecule has 6 heteroatoms. The van der Waals surface area contributed by atoms with Gasteiger partial charge in [0.15, 0.2) is 0 Å². The Morgan fingerprint density at radius 1 is 1.35 bits per heavy atom. The number of nitrogens with one attached hydrogen (secondary N) is 1. The second kappa shape index (κ2) is 6.36. The third-order valence-electron chi connectivity index (χ3n) is 2.12. The lowest BCUT2D eigenvalue weighted by molar-refractivity contribution is -0.117. The summed E-state index contributed by atoms with van der Waals surface area (Å²) in [5.74, 6) is -1.43. The number of amides is 2. The van der Waals surface area contributed by atoms with Crippen LogP contribution in [0.15, 0.2) is 24.3 Å². The molecule has 0 saturated carbocycles. The first-order chi connectivity index (χ1) is 10.4. The van der Waals surface area contributed by atoms with Gasteiger partial charge >= 0.3 is 6.09 Å². The van der Waals surface area contributed by atoms with E-state index in [9.17, 15) is 14.0 Å². The number of alkyl carbamates (subject to hydrolysis) is 1. The summed E-state index contributed by atoms with van der Waals surface area (Å²) in [5, 5.41) is 2.20. The Labute approximate surface area is 121 Å². The lowest BCUT2D eigenvalue weighted by Crippen LogP contribution is -2.40. The highest BCUT2D eigenvalue weighted by Gasteiger charge is 2.18. The molecule has 0 fully saturated rings. The Morgan fingerprint density at radius 2 is 1.95 bits per heavy atom. The van der Waals surface area contributed by atoms with Crippen LogP contribution in [0.25, 0.3) is 0 Å². The number of rotatable bonds is 3. The molecule has 5 nitrogen and oxygen atoms in total. The van der Waals surface area contributed by atoms with Crippen molar-refractivity contribution in [2.75, 3.05) is 18.4 Å². The van der Waals surface area contributed by atoms with Gasteiger partial charge in [-0.1, -0.05) is 0 Å². The van der Waals surface area contributed by atoms with Crippen molar-refractivity contribution in [1.29, 1.82) is 0 Å². The second-order valence-corrected chi connectivity index (χ2v) is 5.06. The van der Waals surface area contributed by atoms with Crippen LogP contribution in [0.2, 0.25) is 0 Å². The van der Waals surface area contributed by atoms with E-state index in [1.807, 2.05) is 0 Å². The van der Waals surface area contributed by atoms with Crippen LogP contribution in [0.1, 0.15) is 24.9 Å². The normalized spacial score (nSPS) is 13.7. The molecule has 0 bridgehead atoms. The summed E-state index contributed by atoms with van der Waals surface area (Å²) >= 11 is 0. The quantitative estimate of drug-likeness (QED) is 0.927. The number of halogens is 1. The Hall–Kier alpha value is -2.11. The number of carbonyl (C=O) groups excluding carboxylic acids is 2. The molecule has 0 atom stereocenters. The number of carbonyl (C=O) groups is 2. The van der Waals surface area contributed by atoms with Crippen LogP contribution >= 0.6 is 0 Å². The van der Waals surface area contributed by atoms with Gasteiger partial charge in [0, 0.05) is 16.8 Å². The van der Waals surface area contributed by atoms with Gasteiger partial charge in [0.1, 0.15) is 18.0 Å². The standard InChI is InChI=1S/C14H19FN2O3/c1-14(2,3)20-13(19)16-9-12(18)17(4)11-7-5-10(15)6-8-11/h5-8H,9H2,1-4H3,(H,16,19)/i4D3. The SMILES string of the molecule is [2H]C([2H])([2H])N(C(=O)CNC(=O)OC(C)(C)C)c1ccc(F)cc1. The number of likely N-dealkylation sites (N-methyl/N-ethyl adjacent to an activating group) is 1. The minimum Gasteiger partial charge on any atom is -0.444 e. The topological polar surface area (TPSA) is 58.6 Å². The van der Waals surface area contributed by atoms with E-state index in [0.717, 1.165) is 12.1 Å². The van der Waals surface area contributed by atoms with Crippen molar-refractivity contribution in [1.82, 2.24) is 5.32 Å². The van der Waals surface area contributed by atoms with Gasteiger partial charge < -0.3 is 15.0 Å². The van der Waals surface area contributed by atoms with Crippen LogP contribution in [0.5, 0.6) is 0 Å². The minimum atomic E-state index is -2.77. The van der Waals surface area contributed by atoms with Crippen LogP contribution in [0.3, 0.4) is 0 Å². The molecule has 1 aromatic rings. The third kappa shape index (κ3) is 5.26. The van der Waals surface area contributed by atoms with E-state index in [1.54, 1.807) is 20.8 Å². The van der Waals surface area contributed by atoms with E-state index < -0.39 is 36.9 Å². The van der Waals surface area contributed by atoms with Gasteiger partial charge in [-0.15, -0.1) is 0 Å². The first kappa shape index (κ1) is 11.7. The maximum absolute atomic E-state index is 12.9. The first-order valence-electron chi connectivity index (χ1n) is 7.45. The zero-order valence-corrected chi connectivity index (χ0v) is 11.6. The molecule has 20 heavy (non-hydrogen) atoms. The van der Waals surface area contributed by atoms with E-state index in [2.05, 4.69) is 5.32 Å².